The summed E-state index contributed by atoms with van der Waals surface area (Å²) < 4.78 is 11.7. The van der Waals surface area contributed by atoms with Crippen LogP contribution < -0.4 is 10.3 Å². The van der Waals surface area contributed by atoms with Crippen molar-refractivity contribution in [3.63, 3.8) is 0 Å². The zero-order valence-electron chi connectivity index (χ0n) is 14.8. The molecule has 140 valence electrons. The van der Waals surface area contributed by atoms with Gasteiger partial charge in [-0.15, -0.1) is 11.3 Å². The van der Waals surface area contributed by atoms with Crippen molar-refractivity contribution in [3.8, 4) is 5.75 Å². The molecule has 4 rings (SSSR count). The summed E-state index contributed by atoms with van der Waals surface area (Å²) in [5, 5.41) is 1.80. The van der Waals surface area contributed by atoms with E-state index in [9.17, 15) is 9.59 Å². The second-order valence-electron chi connectivity index (χ2n) is 5.98. The molecule has 0 aliphatic heterocycles. The van der Waals surface area contributed by atoms with Gasteiger partial charge in [0, 0.05) is 5.56 Å². The third-order valence-corrected chi connectivity index (χ3v) is 4.98. The maximum atomic E-state index is 12.6. The van der Waals surface area contributed by atoms with Gasteiger partial charge in [-0.05, 0) is 29.6 Å². The van der Waals surface area contributed by atoms with E-state index in [0.717, 1.165) is 5.75 Å². The molecular formula is C21H16N2O4S. The quantitative estimate of drug-likeness (QED) is 0.503. The number of hydrogen-bond acceptors (Lipinski definition) is 6. The molecule has 4 aromatic rings. The van der Waals surface area contributed by atoms with Crippen molar-refractivity contribution < 1.29 is 14.3 Å². The second-order valence-corrected chi connectivity index (χ2v) is 6.90. The summed E-state index contributed by atoms with van der Waals surface area (Å²) in [6.07, 6.45) is 0. The zero-order valence-corrected chi connectivity index (χ0v) is 15.6. The Balaban J connectivity index is 1.46. The number of esters is 1. The number of ether oxygens (including phenoxy) is 2. The molecule has 1 N–H and O–H groups in total. The molecule has 0 radical (unpaired) electrons. The number of aromatic amines is 1. The van der Waals surface area contributed by atoms with Gasteiger partial charge in [0.2, 0.25) is 0 Å². The van der Waals surface area contributed by atoms with Crippen molar-refractivity contribution in [2.24, 2.45) is 0 Å². The van der Waals surface area contributed by atoms with Gasteiger partial charge in [-0.25, -0.2) is 9.78 Å². The number of nitrogens with zero attached hydrogens (tertiary/aromatic N) is 1. The molecule has 7 heteroatoms. The highest BCUT2D eigenvalue weighted by atomic mass is 32.1. The predicted molar refractivity (Wildman–Crippen MR) is 107 cm³/mol. The molecule has 2 heterocycles. The zero-order chi connectivity index (χ0) is 19.3. The van der Waals surface area contributed by atoms with Crippen LogP contribution in [0.15, 0.2) is 70.8 Å². The number of nitrogens with one attached hydrogen (secondary N) is 1. The highest BCUT2D eigenvalue weighted by molar-refractivity contribution is 7.17. The summed E-state index contributed by atoms with van der Waals surface area (Å²) in [5.74, 6) is 0.527. The van der Waals surface area contributed by atoms with Crippen molar-refractivity contribution in [1.82, 2.24) is 9.97 Å². The summed E-state index contributed by atoms with van der Waals surface area (Å²) >= 11 is 1.32. The van der Waals surface area contributed by atoms with Gasteiger partial charge in [0.1, 0.15) is 29.5 Å². The molecule has 0 fully saturated rings. The van der Waals surface area contributed by atoms with Crippen molar-refractivity contribution in [2.45, 2.75) is 13.2 Å². The Morgan fingerprint density at radius 3 is 2.64 bits per heavy atom. The summed E-state index contributed by atoms with van der Waals surface area (Å²) in [6, 6.07) is 18.2. The fourth-order valence-corrected chi connectivity index (χ4v) is 3.45. The number of thiophene rings is 1. The first-order chi connectivity index (χ1) is 13.7. The molecule has 2 aromatic heterocycles. The Hall–Kier alpha value is -3.45. The maximum absolute atomic E-state index is 12.6. The SMILES string of the molecule is O=C(OCc1nc2ccsc2c(=O)[nH]1)c1ccccc1COc1ccccc1. The van der Waals surface area contributed by atoms with Crippen LogP contribution >= 0.6 is 11.3 Å². The smallest absolute Gasteiger partial charge is 0.338 e. The van der Waals surface area contributed by atoms with Gasteiger partial charge in [0.15, 0.2) is 0 Å². The molecule has 6 nitrogen and oxygen atoms in total. The molecular weight excluding hydrogens is 376 g/mol. The van der Waals surface area contributed by atoms with E-state index in [1.807, 2.05) is 42.5 Å². The number of fused-ring (bicyclic) bond motifs is 1. The maximum Gasteiger partial charge on any atom is 0.338 e. The molecule has 0 spiro atoms. The molecule has 0 aliphatic carbocycles. The molecule has 2 aromatic carbocycles. The lowest BCUT2D eigenvalue weighted by atomic mass is 10.1. The van der Waals surface area contributed by atoms with E-state index < -0.39 is 5.97 Å². The van der Waals surface area contributed by atoms with E-state index >= 15 is 0 Å². The van der Waals surface area contributed by atoms with Crippen LogP contribution in [0, 0.1) is 0 Å². The van der Waals surface area contributed by atoms with Crippen molar-refractivity contribution in [3.05, 3.63) is 93.3 Å². The highest BCUT2D eigenvalue weighted by Crippen LogP contribution is 2.17. The standard InChI is InChI=1S/C21H16N2O4S/c24-20-19-17(10-11-28-19)22-18(23-20)13-27-21(25)16-9-5-4-6-14(16)12-26-15-7-2-1-3-8-15/h1-11H,12-13H2,(H,22,23,24). The van der Waals surface area contributed by atoms with Crippen LogP contribution in [0.2, 0.25) is 0 Å². The van der Waals surface area contributed by atoms with E-state index in [1.165, 1.54) is 11.3 Å². The molecule has 0 aliphatic rings. The Labute approximate surface area is 164 Å². The largest absolute Gasteiger partial charge is 0.489 e. The Kier molecular flexibility index (Phi) is 5.16. The van der Waals surface area contributed by atoms with E-state index in [4.69, 9.17) is 9.47 Å². The van der Waals surface area contributed by atoms with Gasteiger partial charge >= 0.3 is 5.97 Å². The number of rotatable bonds is 6. The monoisotopic (exact) mass is 392 g/mol. The molecule has 0 amide bonds. The lowest BCUT2D eigenvalue weighted by molar-refractivity contribution is 0.0459. The summed E-state index contributed by atoms with van der Waals surface area (Å²) in [4.78, 5) is 31.5. The number of benzene rings is 2. The second kappa shape index (κ2) is 8.06. The average Bonchev–Trinajstić information content (AvgIpc) is 3.21. The molecule has 0 atom stereocenters. The van der Waals surface area contributed by atoms with Crippen molar-refractivity contribution in [2.75, 3.05) is 0 Å². The van der Waals surface area contributed by atoms with E-state index in [-0.39, 0.29) is 18.8 Å². The van der Waals surface area contributed by atoms with E-state index in [2.05, 4.69) is 9.97 Å². The first kappa shape index (κ1) is 17.9. The number of carbonyl (C=O) groups excluding carboxylic acids is 1. The number of hydrogen-bond donors (Lipinski definition) is 1. The fraction of sp³-hybridized carbons (Fsp3) is 0.0952. The number of carbonyl (C=O) groups is 1. The first-order valence-corrected chi connectivity index (χ1v) is 9.48. The predicted octanol–water partition coefficient (Wildman–Crippen LogP) is 3.92. The van der Waals surface area contributed by atoms with Crippen LogP contribution in [0.3, 0.4) is 0 Å². The van der Waals surface area contributed by atoms with E-state index in [1.54, 1.807) is 23.6 Å². The Bertz CT molecular complexity index is 1170. The molecule has 0 saturated heterocycles. The molecule has 0 unspecified atom stereocenters. The number of H-pyrrole nitrogens is 1. The first-order valence-electron chi connectivity index (χ1n) is 8.60. The minimum Gasteiger partial charge on any atom is -0.489 e. The van der Waals surface area contributed by atoms with Gasteiger partial charge < -0.3 is 14.5 Å². The average molecular weight is 392 g/mol. The van der Waals surface area contributed by atoms with Crippen LogP contribution in [0.4, 0.5) is 0 Å². The normalized spacial score (nSPS) is 10.7. The van der Waals surface area contributed by atoms with Gasteiger partial charge in [-0.2, -0.15) is 0 Å². The van der Waals surface area contributed by atoms with Crippen LogP contribution in [0.25, 0.3) is 10.2 Å². The topological polar surface area (TPSA) is 81.3 Å². The summed E-state index contributed by atoms with van der Waals surface area (Å²) in [7, 11) is 0. The van der Waals surface area contributed by atoms with Crippen molar-refractivity contribution in [1.29, 1.82) is 0 Å². The molecule has 28 heavy (non-hydrogen) atoms. The van der Waals surface area contributed by atoms with Crippen LogP contribution in [0.5, 0.6) is 5.75 Å². The van der Waals surface area contributed by atoms with Crippen molar-refractivity contribution >= 4 is 27.5 Å². The summed E-state index contributed by atoms with van der Waals surface area (Å²) in [6.45, 7) is 0.124. The van der Waals surface area contributed by atoms with Crippen LogP contribution in [-0.4, -0.2) is 15.9 Å². The fourth-order valence-electron chi connectivity index (χ4n) is 2.72. The molecule has 0 bridgehead atoms. The number of aromatic nitrogens is 2. The third-order valence-electron chi connectivity index (χ3n) is 4.08. The lowest BCUT2D eigenvalue weighted by Gasteiger charge is -2.11. The summed E-state index contributed by atoms with van der Waals surface area (Å²) in [5.41, 5.74) is 1.49. The third kappa shape index (κ3) is 3.94. The minimum atomic E-state index is -0.500. The van der Waals surface area contributed by atoms with Gasteiger partial charge in [-0.1, -0.05) is 36.4 Å². The molecule has 0 saturated carbocycles. The minimum absolute atomic E-state index is 0.117. The Morgan fingerprint density at radius 2 is 1.79 bits per heavy atom. The highest BCUT2D eigenvalue weighted by Gasteiger charge is 2.14. The Morgan fingerprint density at radius 1 is 1.00 bits per heavy atom. The van der Waals surface area contributed by atoms with E-state index in [0.29, 0.717) is 27.2 Å². The van der Waals surface area contributed by atoms with Gasteiger partial charge in [0.05, 0.1) is 11.1 Å². The van der Waals surface area contributed by atoms with Gasteiger partial charge in [-0.3, -0.25) is 4.79 Å². The van der Waals surface area contributed by atoms with Gasteiger partial charge in [0.25, 0.3) is 5.56 Å². The number of para-hydroxylation sites is 1. The lowest BCUT2D eigenvalue weighted by Crippen LogP contribution is -2.14. The van der Waals surface area contributed by atoms with Crippen LogP contribution in [-0.2, 0) is 18.0 Å². The van der Waals surface area contributed by atoms with Crippen LogP contribution in [0.1, 0.15) is 21.7 Å².